The van der Waals surface area contributed by atoms with Crippen LogP contribution in [0.4, 0.5) is 5.69 Å². The molecule has 0 radical (unpaired) electrons. The maximum atomic E-state index is 5.96. The second-order valence-electron chi connectivity index (χ2n) is 3.10. The van der Waals surface area contributed by atoms with Gasteiger partial charge in [-0.05, 0) is 28.1 Å². The van der Waals surface area contributed by atoms with Crippen molar-refractivity contribution in [2.24, 2.45) is 0 Å². The van der Waals surface area contributed by atoms with E-state index in [1.807, 2.05) is 18.2 Å². The molecule has 1 aliphatic heterocycles. The molecule has 1 saturated heterocycles. The Hall–Kier alpha value is -0.250. The third-order valence-corrected chi connectivity index (χ3v) is 3.49. The molecule has 0 unspecified atom stereocenters. The molecule has 0 amide bonds. The summed E-state index contributed by atoms with van der Waals surface area (Å²) in [6.45, 7) is 2.05. The predicted octanol–water partition coefficient (Wildman–Crippen LogP) is 2.49. The van der Waals surface area contributed by atoms with Gasteiger partial charge in [0.2, 0.25) is 0 Å². The molecule has 0 atom stereocenters. The summed E-state index contributed by atoms with van der Waals surface area (Å²) >= 11 is 9.40. The first-order valence-electron chi connectivity index (χ1n) is 4.18. The molecular weight excluding hydrogens is 251 g/mol. The Kier molecular flexibility index (Phi) is 2.77. The van der Waals surface area contributed by atoms with E-state index in [1.165, 1.54) is 0 Å². The number of hydrogen-bond acceptors (Lipinski definition) is 2. The fourth-order valence-corrected chi connectivity index (χ4v) is 1.78. The lowest BCUT2D eigenvalue weighted by molar-refractivity contribution is 0.472. The highest BCUT2D eigenvalue weighted by Crippen LogP contribution is 2.30. The summed E-state index contributed by atoms with van der Waals surface area (Å²) in [5, 5.41) is 7.35. The number of benzene rings is 1. The minimum Gasteiger partial charge on any atom is -0.379 e. The number of rotatable bonds is 2. The summed E-state index contributed by atoms with van der Waals surface area (Å²) in [6.07, 6.45) is 0. The number of hydrogen-bond donors (Lipinski definition) is 2. The van der Waals surface area contributed by atoms with Gasteiger partial charge in [0.15, 0.2) is 0 Å². The Labute approximate surface area is 90.8 Å². The third-order valence-electron chi connectivity index (χ3n) is 2.09. The minimum atomic E-state index is 0.537. The first kappa shape index (κ1) is 9.31. The monoisotopic (exact) mass is 260 g/mol. The highest BCUT2D eigenvalue weighted by atomic mass is 79.9. The van der Waals surface area contributed by atoms with Crippen molar-refractivity contribution in [1.29, 1.82) is 0 Å². The second-order valence-corrected chi connectivity index (χ2v) is 4.30. The largest absolute Gasteiger partial charge is 0.379 e. The molecule has 2 rings (SSSR count). The molecule has 1 aromatic rings. The predicted molar refractivity (Wildman–Crippen MR) is 59.4 cm³/mol. The van der Waals surface area contributed by atoms with Crippen molar-refractivity contribution in [1.82, 2.24) is 5.32 Å². The van der Waals surface area contributed by atoms with Crippen LogP contribution in [-0.2, 0) is 0 Å². The maximum absolute atomic E-state index is 5.96. The zero-order valence-electron chi connectivity index (χ0n) is 6.98. The number of nitrogens with one attached hydrogen (secondary N) is 2. The zero-order chi connectivity index (χ0) is 9.26. The van der Waals surface area contributed by atoms with Gasteiger partial charge in [-0.3, -0.25) is 0 Å². The molecule has 0 bridgehead atoms. The summed E-state index contributed by atoms with van der Waals surface area (Å²) in [5.41, 5.74) is 1.07. The second kappa shape index (κ2) is 3.86. The van der Waals surface area contributed by atoms with Crippen LogP contribution in [0.5, 0.6) is 0 Å². The van der Waals surface area contributed by atoms with Crippen LogP contribution in [0.1, 0.15) is 0 Å². The summed E-state index contributed by atoms with van der Waals surface area (Å²) in [4.78, 5) is 0. The molecule has 0 aromatic heterocycles. The lowest BCUT2D eigenvalue weighted by Crippen LogP contribution is -2.51. The van der Waals surface area contributed by atoms with Gasteiger partial charge in [-0.15, -0.1) is 0 Å². The first-order chi connectivity index (χ1) is 6.27. The molecule has 0 saturated carbocycles. The van der Waals surface area contributed by atoms with Gasteiger partial charge in [0.05, 0.1) is 21.2 Å². The molecule has 1 aromatic carbocycles. The number of anilines is 1. The van der Waals surface area contributed by atoms with E-state index in [2.05, 4.69) is 26.6 Å². The molecule has 1 heterocycles. The molecule has 2 N–H and O–H groups in total. The fourth-order valence-electron chi connectivity index (χ4n) is 1.23. The fraction of sp³-hybridized carbons (Fsp3) is 0.333. The standard InChI is InChI=1S/C9H10BrClN2/c10-9-7(11)2-1-3-8(9)13-6-4-12-5-6/h1-3,6,12-13H,4-5H2. The van der Waals surface area contributed by atoms with Crippen molar-refractivity contribution >= 4 is 33.2 Å². The topological polar surface area (TPSA) is 24.1 Å². The van der Waals surface area contributed by atoms with Crippen molar-refractivity contribution in [3.05, 3.63) is 27.7 Å². The highest BCUT2D eigenvalue weighted by molar-refractivity contribution is 9.10. The SMILES string of the molecule is Clc1cccc(NC2CNC2)c1Br. The highest BCUT2D eigenvalue weighted by Gasteiger charge is 2.17. The third kappa shape index (κ3) is 1.98. The van der Waals surface area contributed by atoms with Crippen LogP contribution in [0.25, 0.3) is 0 Å². The van der Waals surface area contributed by atoms with E-state index in [-0.39, 0.29) is 0 Å². The Bertz CT molecular complexity index is 312. The van der Waals surface area contributed by atoms with E-state index < -0.39 is 0 Å². The van der Waals surface area contributed by atoms with Gasteiger partial charge in [0.25, 0.3) is 0 Å². The Morgan fingerprint density at radius 3 is 2.85 bits per heavy atom. The van der Waals surface area contributed by atoms with Gasteiger partial charge in [-0.25, -0.2) is 0 Å². The summed E-state index contributed by atoms with van der Waals surface area (Å²) < 4.78 is 0.948. The van der Waals surface area contributed by atoms with Crippen LogP contribution in [0.2, 0.25) is 5.02 Å². The van der Waals surface area contributed by atoms with E-state index in [0.29, 0.717) is 6.04 Å². The van der Waals surface area contributed by atoms with Crippen LogP contribution in [0.3, 0.4) is 0 Å². The van der Waals surface area contributed by atoms with Crippen LogP contribution < -0.4 is 10.6 Å². The van der Waals surface area contributed by atoms with Crippen molar-refractivity contribution < 1.29 is 0 Å². The smallest absolute Gasteiger partial charge is 0.0593 e. The van der Waals surface area contributed by atoms with Gasteiger partial charge >= 0.3 is 0 Å². The van der Waals surface area contributed by atoms with Crippen molar-refractivity contribution in [2.75, 3.05) is 18.4 Å². The quantitative estimate of drug-likeness (QED) is 0.855. The average Bonchev–Trinajstić information content (AvgIpc) is 2.04. The molecule has 1 aliphatic rings. The Morgan fingerprint density at radius 2 is 2.23 bits per heavy atom. The molecule has 2 nitrogen and oxygen atoms in total. The summed E-state index contributed by atoms with van der Waals surface area (Å²) in [5.74, 6) is 0. The zero-order valence-corrected chi connectivity index (χ0v) is 9.32. The Balaban J connectivity index is 2.14. The van der Waals surface area contributed by atoms with Gasteiger partial charge in [-0.1, -0.05) is 17.7 Å². The molecule has 70 valence electrons. The minimum absolute atomic E-state index is 0.537. The van der Waals surface area contributed by atoms with Gasteiger partial charge in [0.1, 0.15) is 0 Å². The van der Waals surface area contributed by atoms with Crippen molar-refractivity contribution in [3.63, 3.8) is 0 Å². The van der Waals surface area contributed by atoms with Gasteiger partial charge < -0.3 is 10.6 Å². The molecule has 0 aliphatic carbocycles. The lowest BCUT2D eigenvalue weighted by atomic mass is 10.1. The van der Waals surface area contributed by atoms with Crippen LogP contribution in [0.15, 0.2) is 22.7 Å². The molecule has 1 fully saturated rings. The molecule has 0 spiro atoms. The van der Waals surface area contributed by atoms with E-state index in [1.54, 1.807) is 0 Å². The molecular formula is C9H10BrClN2. The van der Waals surface area contributed by atoms with Gasteiger partial charge in [0, 0.05) is 13.1 Å². The maximum Gasteiger partial charge on any atom is 0.0593 e. The molecule has 13 heavy (non-hydrogen) atoms. The summed E-state index contributed by atoms with van der Waals surface area (Å²) in [7, 11) is 0. The van der Waals surface area contributed by atoms with Crippen LogP contribution in [-0.4, -0.2) is 19.1 Å². The summed E-state index contributed by atoms with van der Waals surface area (Å²) in [6, 6.07) is 6.38. The average molecular weight is 262 g/mol. The van der Waals surface area contributed by atoms with Gasteiger partial charge in [-0.2, -0.15) is 0 Å². The van der Waals surface area contributed by atoms with Crippen molar-refractivity contribution in [2.45, 2.75) is 6.04 Å². The van der Waals surface area contributed by atoms with E-state index in [0.717, 1.165) is 28.3 Å². The van der Waals surface area contributed by atoms with Crippen LogP contribution >= 0.6 is 27.5 Å². The van der Waals surface area contributed by atoms with E-state index >= 15 is 0 Å². The lowest BCUT2D eigenvalue weighted by Gasteiger charge is -2.29. The normalized spacial score (nSPS) is 16.8. The van der Waals surface area contributed by atoms with E-state index in [9.17, 15) is 0 Å². The Morgan fingerprint density at radius 1 is 1.46 bits per heavy atom. The van der Waals surface area contributed by atoms with Crippen molar-refractivity contribution in [3.8, 4) is 0 Å². The number of halogens is 2. The first-order valence-corrected chi connectivity index (χ1v) is 5.36. The molecule has 4 heteroatoms. The van der Waals surface area contributed by atoms with E-state index in [4.69, 9.17) is 11.6 Å². The van der Waals surface area contributed by atoms with Crippen LogP contribution in [0, 0.1) is 0 Å².